The Labute approximate surface area is 101 Å². The molecule has 0 heterocycles. The predicted molar refractivity (Wildman–Crippen MR) is 68.2 cm³/mol. The molecule has 0 aromatic carbocycles. The molecule has 0 aromatic heterocycles. The van der Waals surface area contributed by atoms with Gasteiger partial charge in [-0.2, -0.15) is 0 Å². The van der Waals surface area contributed by atoms with Gasteiger partial charge in [0.25, 0.3) is 0 Å². The Hall–Kier alpha value is -0.110. The fourth-order valence-corrected chi connectivity index (χ4v) is 2.65. The van der Waals surface area contributed by atoms with Gasteiger partial charge in [0.05, 0.1) is 0 Å². The van der Waals surface area contributed by atoms with Crippen LogP contribution in [-0.2, 0) is 4.79 Å². The zero-order valence-corrected chi connectivity index (χ0v) is 11.0. The van der Waals surface area contributed by atoms with E-state index >= 15 is 0 Å². The van der Waals surface area contributed by atoms with Crippen molar-refractivity contribution in [3.8, 4) is 0 Å². The molecule has 0 aromatic rings. The summed E-state index contributed by atoms with van der Waals surface area (Å²) >= 11 is 3.55. The van der Waals surface area contributed by atoms with Gasteiger partial charge < -0.3 is 0 Å². The summed E-state index contributed by atoms with van der Waals surface area (Å²) in [6.07, 6.45) is 13.5. The fraction of sp³-hybridized carbons (Fsp3) is 0.769. The SMILES string of the molecule is O=C/C1=C(\Br)CCCCCCCCCC1. The number of aldehydes is 1. The minimum atomic E-state index is 0.962. The maximum absolute atomic E-state index is 10.9. The summed E-state index contributed by atoms with van der Waals surface area (Å²) in [6, 6.07) is 0. The minimum absolute atomic E-state index is 0.962. The van der Waals surface area contributed by atoms with Gasteiger partial charge in [-0.15, -0.1) is 0 Å². The first kappa shape index (κ1) is 13.0. The topological polar surface area (TPSA) is 17.1 Å². The van der Waals surface area contributed by atoms with Crippen molar-refractivity contribution in [2.75, 3.05) is 0 Å². The summed E-state index contributed by atoms with van der Waals surface area (Å²) in [5.74, 6) is 0. The summed E-state index contributed by atoms with van der Waals surface area (Å²) < 4.78 is 1.15. The van der Waals surface area contributed by atoms with Crippen LogP contribution < -0.4 is 0 Å². The highest BCUT2D eigenvalue weighted by molar-refractivity contribution is 9.11. The molecule has 0 N–H and O–H groups in total. The third-order valence-electron chi connectivity index (χ3n) is 3.08. The van der Waals surface area contributed by atoms with Crippen LogP contribution in [-0.4, -0.2) is 6.29 Å². The number of rotatable bonds is 1. The third-order valence-corrected chi connectivity index (χ3v) is 3.99. The number of carbonyl (C=O) groups excluding carboxylic acids is 1. The molecule has 1 nitrogen and oxygen atoms in total. The van der Waals surface area contributed by atoms with E-state index in [9.17, 15) is 4.79 Å². The number of hydrogen-bond donors (Lipinski definition) is 0. The van der Waals surface area contributed by atoms with Crippen molar-refractivity contribution in [1.82, 2.24) is 0 Å². The van der Waals surface area contributed by atoms with E-state index in [4.69, 9.17) is 0 Å². The van der Waals surface area contributed by atoms with Crippen LogP contribution >= 0.6 is 15.9 Å². The molecule has 15 heavy (non-hydrogen) atoms. The quantitative estimate of drug-likeness (QED) is 0.630. The average molecular weight is 273 g/mol. The lowest BCUT2D eigenvalue weighted by Gasteiger charge is -2.08. The molecule has 1 aliphatic rings. The molecule has 0 saturated heterocycles. The molecule has 0 saturated carbocycles. The van der Waals surface area contributed by atoms with E-state index in [-0.39, 0.29) is 0 Å². The van der Waals surface area contributed by atoms with Crippen LogP contribution in [0.3, 0.4) is 0 Å². The minimum Gasteiger partial charge on any atom is -0.298 e. The Balaban J connectivity index is 2.49. The molecule has 0 spiro atoms. The van der Waals surface area contributed by atoms with Crippen LogP contribution in [0.15, 0.2) is 10.1 Å². The summed E-state index contributed by atoms with van der Waals surface area (Å²) in [6.45, 7) is 0. The van der Waals surface area contributed by atoms with Gasteiger partial charge in [0.1, 0.15) is 6.29 Å². The standard InChI is InChI=1S/C13H21BrO/c14-13-10-8-6-4-2-1-3-5-7-9-12(13)11-15/h11H,1-10H2/b13-12-. The molecular formula is C13H21BrO. The van der Waals surface area contributed by atoms with Crippen molar-refractivity contribution in [2.24, 2.45) is 0 Å². The van der Waals surface area contributed by atoms with Crippen molar-refractivity contribution >= 4 is 22.2 Å². The van der Waals surface area contributed by atoms with E-state index in [0.717, 1.165) is 29.2 Å². The molecule has 0 bridgehead atoms. The second-order valence-corrected chi connectivity index (χ2v) is 5.33. The first-order valence-electron chi connectivity index (χ1n) is 6.17. The molecule has 0 atom stereocenters. The average Bonchev–Trinajstić information content (AvgIpc) is 2.23. The summed E-state index contributed by atoms with van der Waals surface area (Å²) in [5.41, 5.74) is 0.996. The second-order valence-electron chi connectivity index (χ2n) is 4.38. The van der Waals surface area contributed by atoms with Crippen LogP contribution in [0.2, 0.25) is 0 Å². The van der Waals surface area contributed by atoms with E-state index < -0.39 is 0 Å². The first-order chi connectivity index (χ1) is 7.34. The number of hydrogen-bond acceptors (Lipinski definition) is 1. The maximum Gasteiger partial charge on any atom is 0.146 e. The molecular weight excluding hydrogens is 252 g/mol. The van der Waals surface area contributed by atoms with Gasteiger partial charge in [-0.3, -0.25) is 4.79 Å². The Morgan fingerprint density at radius 2 is 1.27 bits per heavy atom. The monoisotopic (exact) mass is 272 g/mol. The Morgan fingerprint density at radius 1 is 0.800 bits per heavy atom. The van der Waals surface area contributed by atoms with Crippen LogP contribution in [0, 0.1) is 0 Å². The van der Waals surface area contributed by atoms with Crippen molar-refractivity contribution < 1.29 is 4.79 Å². The van der Waals surface area contributed by atoms with Gasteiger partial charge in [0, 0.05) is 10.1 Å². The molecule has 0 fully saturated rings. The predicted octanol–water partition coefficient (Wildman–Crippen LogP) is 4.75. The largest absolute Gasteiger partial charge is 0.298 e. The van der Waals surface area contributed by atoms with Crippen molar-refractivity contribution in [3.63, 3.8) is 0 Å². The van der Waals surface area contributed by atoms with Crippen molar-refractivity contribution in [3.05, 3.63) is 10.1 Å². The number of carbonyl (C=O) groups is 1. The Kier molecular flexibility index (Phi) is 6.99. The van der Waals surface area contributed by atoms with E-state index in [1.807, 2.05) is 0 Å². The lowest BCUT2D eigenvalue weighted by atomic mass is 10.0. The van der Waals surface area contributed by atoms with Gasteiger partial charge in [-0.05, 0) is 25.7 Å². The van der Waals surface area contributed by atoms with Gasteiger partial charge in [-0.1, -0.05) is 54.5 Å². The third kappa shape index (κ3) is 5.50. The van der Waals surface area contributed by atoms with Gasteiger partial charge in [0.15, 0.2) is 0 Å². The van der Waals surface area contributed by atoms with Crippen LogP contribution in [0.1, 0.15) is 64.2 Å². The molecule has 2 heteroatoms. The Bertz CT molecular complexity index is 221. The second kappa shape index (κ2) is 8.09. The lowest BCUT2D eigenvalue weighted by molar-refractivity contribution is -0.105. The van der Waals surface area contributed by atoms with E-state index in [1.165, 1.54) is 51.4 Å². The smallest absolute Gasteiger partial charge is 0.146 e. The summed E-state index contributed by atoms with van der Waals surface area (Å²) in [4.78, 5) is 10.9. The van der Waals surface area contributed by atoms with Gasteiger partial charge >= 0.3 is 0 Å². The maximum atomic E-state index is 10.9. The molecule has 86 valence electrons. The Morgan fingerprint density at radius 3 is 1.80 bits per heavy atom. The van der Waals surface area contributed by atoms with Crippen LogP contribution in [0.5, 0.6) is 0 Å². The van der Waals surface area contributed by atoms with Gasteiger partial charge in [-0.25, -0.2) is 0 Å². The van der Waals surface area contributed by atoms with E-state index in [0.29, 0.717) is 0 Å². The molecule has 0 amide bonds. The molecule has 0 aliphatic heterocycles. The fourth-order valence-electron chi connectivity index (χ4n) is 2.08. The highest BCUT2D eigenvalue weighted by Gasteiger charge is 2.05. The van der Waals surface area contributed by atoms with Gasteiger partial charge in [0.2, 0.25) is 0 Å². The van der Waals surface area contributed by atoms with Crippen LogP contribution in [0.25, 0.3) is 0 Å². The first-order valence-corrected chi connectivity index (χ1v) is 6.96. The van der Waals surface area contributed by atoms with E-state index in [1.54, 1.807) is 0 Å². The molecule has 1 aliphatic carbocycles. The zero-order valence-electron chi connectivity index (χ0n) is 9.43. The summed E-state index contributed by atoms with van der Waals surface area (Å²) in [7, 11) is 0. The normalized spacial score (nSPS) is 26.5. The number of halogens is 1. The van der Waals surface area contributed by atoms with Crippen molar-refractivity contribution in [1.29, 1.82) is 0 Å². The highest BCUT2D eigenvalue weighted by Crippen LogP contribution is 2.24. The zero-order chi connectivity index (χ0) is 10.9. The molecule has 0 unspecified atom stereocenters. The lowest BCUT2D eigenvalue weighted by Crippen LogP contribution is -1.92. The highest BCUT2D eigenvalue weighted by atomic mass is 79.9. The molecule has 1 rings (SSSR count). The van der Waals surface area contributed by atoms with Crippen molar-refractivity contribution in [2.45, 2.75) is 64.2 Å². The number of allylic oxidation sites excluding steroid dienone is 2. The molecule has 0 radical (unpaired) electrons. The summed E-state index contributed by atoms with van der Waals surface area (Å²) in [5, 5.41) is 0. The van der Waals surface area contributed by atoms with Crippen LogP contribution in [0.4, 0.5) is 0 Å². The van der Waals surface area contributed by atoms with E-state index in [2.05, 4.69) is 15.9 Å².